The van der Waals surface area contributed by atoms with Crippen molar-refractivity contribution in [3.05, 3.63) is 12.7 Å². The fraction of sp³-hybridized carbons (Fsp3) is 0.667. The van der Waals surface area contributed by atoms with Crippen LogP contribution in [-0.4, -0.2) is 20.5 Å². The molecular formula is C9H15N3O. The van der Waals surface area contributed by atoms with E-state index < -0.39 is 0 Å². The minimum atomic E-state index is -0.123. The van der Waals surface area contributed by atoms with E-state index in [0.717, 1.165) is 12.8 Å². The van der Waals surface area contributed by atoms with E-state index in [0.29, 0.717) is 6.42 Å². The molecule has 0 bridgehead atoms. The van der Waals surface area contributed by atoms with Gasteiger partial charge in [0.15, 0.2) is 5.78 Å². The van der Waals surface area contributed by atoms with E-state index in [1.807, 2.05) is 13.8 Å². The Balaban J connectivity index is 2.68. The molecule has 0 fully saturated rings. The molecule has 4 heteroatoms. The Morgan fingerprint density at radius 2 is 2.31 bits per heavy atom. The molecule has 4 nitrogen and oxygen atoms in total. The van der Waals surface area contributed by atoms with Crippen molar-refractivity contribution >= 4 is 5.78 Å². The lowest BCUT2D eigenvalue weighted by Crippen LogP contribution is -2.19. The smallest absolute Gasteiger partial charge is 0.157 e. The monoisotopic (exact) mass is 181 g/mol. The van der Waals surface area contributed by atoms with Crippen LogP contribution in [0.4, 0.5) is 0 Å². The summed E-state index contributed by atoms with van der Waals surface area (Å²) in [7, 11) is 0. The Morgan fingerprint density at radius 1 is 1.54 bits per heavy atom. The topological polar surface area (TPSA) is 47.8 Å². The molecule has 0 saturated heterocycles. The molecule has 1 aromatic rings. The van der Waals surface area contributed by atoms with Gasteiger partial charge in [0.25, 0.3) is 0 Å². The zero-order chi connectivity index (χ0) is 9.68. The molecule has 72 valence electrons. The van der Waals surface area contributed by atoms with Crippen molar-refractivity contribution in [3.63, 3.8) is 0 Å². The quantitative estimate of drug-likeness (QED) is 0.693. The summed E-state index contributed by atoms with van der Waals surface area (Å²) < 4.78 is 1.64. The number of Topliss-reactive ketones (excluding diaryl/α,β-unsaturated/α-hetero) is 1. The Labute approximate surface area is 78.0 Å². The summed E-state index contributed by atoms with van der Waals surface area (Å²) in [5.41, 5.74) is 0. The average Bonchev–Trinajstić information content (AvgIpc) is 2.59. The Hall–Kier alpha value is -1.19. The second-order valence-electron chi connectivity index (χ2n) is 3.02. The maximum absolute atomic E-state index is 11.6. The van der Waals surface area contributed by atoms with Gasteiger partial charge in [0.05, 0.1) is 0 Å². The third-order valence-electron chi connectivity index (χ3n) is 2.01. The number of aromatic nitrogens is 3. The first-order valence-electron chi connectivity index (χ1n) is 4.66. The van der Waals surface area contributed by atoms with Gasteiger partial charge < -0.3 is 0 Å². The molecule has 0 aliphatic rings. The lowest BCUT2D eigenvalue weighted by molar-refractivity contribution is -0.122. The Kier molecular flexibility index (Phi) is 3.61. The first-order chi connectivity index (χ1) is 6.29. The van der Waals surface area contributed by atoms with Gasteiger partial charge in [-0.15, -0.1) is 0 Å². The van der Waals surface area contributed by atoms with Crippen LogP contribution in [-0.2, 0) is 4.79 Å². The van der Waals surface area contributed by atoms with Gasteiger partial charge in [0.2, 0.25) is 0 Å². The van der Waals surface area contributed by atoms with E-state index in [1.54, 1.807) is 11.0 Å². The third kappa shape index (κ3) is 2.37. The lowest BCUT2D eigenvalue weighted by atomic mass is 10.1. The van der Waals surface area contributed by atoms with Crippen LogP contribution in [0.5, 0.6) is 0 Å². The van der Waals surface area contributed by atoms with Crippen molar-refractivity contribution in [2.45, 2.75) is 39.2 Å². The molecule has 0 N–H and O–H groups in total. The normalized spacial score (nSPS) is 12.8. The summed E-state index contributed by atoms with van der Waals surface area (Å²) in [4.78, 5) is 15.4. The van der Waals surface area contributed by atoms with Crippen molar-refractivity contribution in [3.8, 4) is 0 Å². The largest absolute Gasteiger partial charge is 0.297 e. The fourth-order valence-corrected chi connectivity index (χ4v) is 1.35. The Morgan fingerprint density at radius 3 is 2.77 bits per heavy atom. The standard InChI is InChI=1S/C9H15N3O/c1-3-5-9(13)8(4-2)12-7-10-6-11-12/h6-8H,3-5H2,1-2H3. The van der Waals surface area contributed by atoms with E-state index in [1.165, 1.54) is 6.33 Å². The zero-order valence-corrected chi connectivity index (χ0v) is 8.10. The summed E-state index contributed by atoms with van der Waals surface area (Å²) in [6.07, 6.45) is 5.36. The molecule has 0 amide bonds. The number of ketones is 1. The molecule has 0 aromatic carbocycles. The van der Waals surface area contributed by atoms with Gasteiger partial charge in [-0.25, -0.2) is 9.67 Å². The van der Waals surface area contributed by atoms with Gasteiger partial charge in [0.1, 0.15) is 18.7 Å². The van der Waals surface area contributed by atoms with E-state index >= 15 is 0 Å². The molecule has 0 aliphatic carbocycles. The van der Waals surface area contributed by atoms with Gasteiger partial charge in [-0.2, -0.15) is 5.10 Å². The van der Waals surface area contributed by atoms with Gasteiger partial charge >= 0.3 is 0 Å². The molecule has 1 unspecified atom stereocenters. The maximum atomic E-state index is 11.6. The van der Waals surface area contributed by atoms with Crippen molar-refractivity contribution in [2.75, 3.05) is 0 Å². The SMILES string of the molecule is CCCC(=O)C(CC)n1cncn1. The van der Waals surface area contributed by atoms with Crippen LogP contribution in [0.2, 0.25) is 0 Å². The third-order valence-corrected chi connectivity index (χ3v) is 2.01. The predicted molar refractivity (Wildman–Crippen MR) is 49.3 cm³/mol. The highest BCUT2D eigenvalue weighted by atomic mass is 16.1. The zero-order valence-electron chi connectivity index (χ0n) is 8.10. The summed E-state index contributed by atoms with van der Waals surface area (Å²) in [5, 5.41) is 3.98. The lowest BCUT2D eigenvalue weighted by Gasteiger charge is -2.12. The van der Waals surface area contributed by atoms with Gasteiger partial charge in [-0.05, 0) is 12.8 Å². The van der Waals surface area contributed by atoms with E-state index in [2.05, 4.69) is 10.1 Å². The molecule has 0 spiro atoms. The van der Waals surface area contributed by atoms with E-state index in [-0.39, 0.29) is 11.8 Å². The summed E-state index contributed by atoms with van der Waals surface area (Å²) in [6, 6.07) is -0.123. The molecule has 1 aromatic heterocycles. The number of carbonyl (C=O) groups excluding carboxylic acids is 1. The molecule has 0 aliphatic heterocycles. The van der Waals surface area contributed by atoms with Crippen LogP contribution in [0.1, 0.15) is 39.2 Å². The van der Waals surface area contributed by atoms with Crippen LogP contribution in [0.15, 0.2) is 12.7 Å². The summed E-state index contributed by atoms with van der Waals surface area (Å²) >= 11 is 0. The molecule has 0 saturated carbocycles. The second-order valence-corrected chi connectivity index (χ2v) is 3.02. The van der Waals surface area contributed by atoms with Gasteiger partial charge in [-0.3, -0.25) is 4.79 Å². The van der Waals surface area contributed by atoms with E-state index in [4.69, 9.17) is 0 Å². The maximum Gasteiger partial charge on any atom is 0.157 e. The molecule has 13 heavy (non-hydrogen) atoms. The Bertz CT molecular complexity index is 256. The molecule has 1 rings (SSSR count). The minimum absolute atomic E-state index is 0.123. The highest BCUT2D eigenvalue weighted by Crippen LogP contribution is 2.12. The molecular weight excluding hydrogens is 166 g/mol. The molecule has 0 radical (unpaired) electrons. The van der Waals surface area contributed by atoms with Crippen molar-refractivity contribution < 1.29 is 4.79 Å². The number of hydrogen-bond donors (Lipinski definition) is 0. The fourth-order valence-electron chi connectivity index (χ4n) is 1.35. The number of carbonyl (C=O) groups is 1. The average molecular weight is 181 g/mol. The van der Waals surface area contributed by atoms with Gasteiger partial charge in [0, 0.05) is 6.42 Å². The predicted octanol–water partition coefficient (Wildman–Crippen LogP) is 1.60. The second kappa shape index (κ2) is 4.74. The van der Waals surface area contributed by atoms with Crippen molar-refractivity contribution in [1.82, 2.24) is 14.8 Å². The number of rotatable bonds is 5. The first-order valence-corrected chi connectivity index (χ1v) is 4.66. The number of hydrogen-bond acceptors (Lipinski definition) is 3. The van der Waals surface area contributed by atoms with Crippen LogP contribution >= 0.6 is 0 Å². The first kappa shape index (κ1) is 9.89. The van der Waals surface area contributed by atoms with Crippen molar-refractivity contribution in [1.29, 1.82) is 0 Å². The van der Waals surface area contributed by atoms with E-state index in [9.17, 15) is 4.79 Å². The highest BCUT2D eigenvalue weighted by Gasteiger charge is 2.17. The van der Waals surface area contributed by atoms with Crippen molar-refractivity contribution in [2.24, 2.45) is 0 Å². The van der Waals surface area contributed by atoms with Crippen LogP contribution < -0.4 is 0 Å². The minimum Gasteiger partial charge on any atom is -0.297 e. The molecule has 1 atom stereocenters. The van der Waals surface area contributed by atoms with Crippen LogP contribution in [0.25, 0.3) is 0 Å². The summed E-state index contributed by atoms with van der Waals surface area (Å²) in [6.45, 7) is 3.99. The highest BCUT2D eigenvalue weighted by molar-refractivity contribution is 5.82. The number of nitrogens with zero attached hydrogens (tertiary/aromatic N) is 3. The summed E-state index contributed by atoms with van der Waals surface area (Å²) in [5.74, 6) is 0.246. The van der Waals surface area contributed by atoms with Crippen LogP contribution in [0, 0.1) is 0 Å². The van der Waals surface area contributed by atoms with Gasteiger partial charge in [-0.1, -0.05) is 13.8 Å². The molecule has 1 heterocycles. The van der Waals surface area contributed by atoms with Crippen LogP contribution in [0.3, 0.4) is 0 Å².